The Bertz CT molecular complexity index is 458. The van der Waals surface area contributed by atoms with E-state index in [2.05, 4.69) is 5.43 Å². The highest BCUT2D eigenvalue weighted by molar-refractivity contribution is 5.30. The van der Waals surface area contributed by atoms with Crippen LogP contribution in [0.25, 0.3) is 0 Å². The molecule has 0 amide bonds. The molecule has 0 spiro atoms. The predicted molar refractivity (Wildman–Crippen MR) is 65.0 cm³/mol. The minimum absolute atomic E-state index is 0.0715. The Hall–Kier alpha value is -1.18. The highest BCUT2D eigenvalue weighted by atomic mass is 19.4. The third kappa shape index (κ3) is 3.28. The summed E-state index contributed by atoms with van der Waals surface area (Å²) < 4.78 is 57.3. The molecule has 0 aliphatic carbocycles. The monoisotopic (exact) mass is 292 g/mol. The Morgan fingerprint density at radius 1 is 1.35 bits per heavy atom. The van der Waals surface area contributed by atoms with Gasteiger partial charge in [-0.3, -0.25) is 11.3 Å². The van der Waals surface area contributed by atoms with Crippen LogP contribution in [-0.2, 0) is 10.9 Å². The first-order chi connectivity index (χ1) is 9.43. The van der Waals surface area contributed by atoms with Crippen LogP contribution in [0.2, 0.25) is 0 Å². The fourth-order valence-corrected chi connectivity index (χ4v) is 2.47. The molecule has 112 valence electrons. The van der Waals surface area contributed by atoms with Gasteiger partial charge in [-0.1, -0.05) is 0 Å². The van der Waals surface area contributed by atoms with Crippen molar-refractivity contribution in [2.75, 3.05) is 13.2 Å². The van der Waals surface area contributed by atoms with E-state index in [1.165, 1.54) is 0 Å². The predicted octanol–water partition coefficient (Wildman–Crippen LogP) is 2.78. The number of hydrogen-bond donors (Lipinski definition) is 2. The van der Waals surface area contributed by atoms with E-state index < -0.39 is 23.6 Å². The average Bonchev–Trinajstić information content (AvgIpc) is 2.41. The lowest BCUT2D eigenvalue weighted by molar-refractivity contribution is -0.137. The van der Waals surface area contributed by atoms with Gasteiger partial charge < -0.3 is 4.74 Å². The molecule has 0 aromatic heterocycles. The molecule has 1 heterocycles. The molecular formula is C13H16F4N2O. The van der Waals surface area contributed by atoms with Crippen LogP contribution in [0.5, 0.6) is 0 Å². The van der Waals surface area contributed by atoms with Gasteiger partial charge in [0, 0.05) is 18.1 Å². The van der Waals surface area contributed by atoms with Gasteiger partial charge in [-0.25, -0.2) is 4.39 Å². The molecule has 0 saturated carbocycles. The van der Waals surface area contributed by atoms with Gasteiger partial charge >= 0.3 is 6.18 Å². The summed E-state index contributed by atoms with van der Waals surface area (Å²) in [7, 11) is 0. The molecule has 1 aliphatic rings. The largest absolute Gasteiger partial charge is 0.416 e. The number of ether oxygens (including phenoxy) is 1. The summed E-state index contributed by atoms with van der Waals surface area (Å²) in [6, 6.07) is 1.67. The molecule has 1 aromatic carbocycles. The highest BCUT2D eigenvalue weighted by Crippen LogP contribution is 2.35. The molecule has 2 atom stereocenters. The molecule has 0 bridgehead atoms. The van der Waals surface area contributed by atoms with E-state index >= 15 is 0 Å². The minimum Gasteiger partial charge on any atom is -0.381 e. The Labute approximate surface area is 114 Å². The number of nitrogens with one attached hydrogen (secondary N) is 1. The first-order valence-electron chi connectivity index (χ1n) is 6.34. The molecule has 0 radical (unpaired) electrons. The molecular weight excluding hydrogens is 276 g/mol. The normalized spacial score (nSPS) is 21.8. The van der Waals surface area contributed by atoms with E-state index in [9.17, 15) is 17.6 Å². The molecule has 7 heteroatoms. The summed E-state index contributed by atoms with van der Waals surface area (Å²) in [4.78, 5) is 0. The number of benzene rings is 1. The standard InChI is InChI=1S/C13H16F4N2O/c14-11-4-3-9(13(15,16)17)6-10(11)12(19-18)8-2-1-5-20-7-8/h3-4,6,8,12,19H,1-2,5,7,18H2. The van der Waals surface area contributed by atoms with Crippen molar-refractivity contribution in [3.8, 4) is 0 Å². The van der Waals surface area contributed by atoms with Crippen LogP contribution in [0.4, 0.5) is 17.6 Å². The Kier molecular flexibility index (Phi) is 4.62. The molecule has 3 nitrogen and oxygen atoms in total. The Morgan fingerprint density at radius 2 is 2.10 bits per heavy atom. The van der Waals surface area contributed by atoms with Crippen molar-refractivity contribution in [3.05, 3.63) is 35.1 Å². The summed E-state index contributed by atoms with van der Waals surface area (Å²) in [5.41, 5.74) is 1.47. The second-order valence-corrected chi connectivity index (χ2v) is 4.86. The van der Waals surface area contributed by atoms with Crippen LogP contribution < -0.4 is 11.3 Å². The van der Waals surface area contributed by atoms with E-state index in [1.807, 2.05) is 0 Å². The fourth-order valence-electron chi connectivity index (χ4n) is 2.47. The lowest BCUT2D eigenvalue weighted by Crippen LogP contribution is -2.37. The summed E-state index contributed by atoms with van der Waals surface area (Å²) in [5, 5.41) is 0. The van der Waals surface area contributed by atoms with Crippen molar-refractivity contribution < 1.29 is 22.3 Å². The van der Waals surface area contributed by atoms with Crippen LogP contribution >= 0.6 is 0 Å². The summed E-state index contributed by atoms with van der Waals surface area (Å²) in [6.45, 7) is 0.962. The minimum atomic E-state index is -4.51. The summed E-state index contributed by atoms with van der Waals surface area (Å²) in [5.74, 6) is 4.56. The molecule has 1 fully saturated rings. The Balaban J connectivity index is 2.32. The molecule has 1 aromatic rings. The van der Waals surface area contributed by atoms with Gasteiger partial charge in [-0.15, -0.1) is 0 Å². The summed E-state index contributed by atoms with van der Waals surface area (Å²) >= 11 is 0. The molecule has 2 unspecified atom stereocenters. The molecule has 1 aliphatic heterocycles. The van der Waals surface area contributed by atoms with Crippen molar-refractivity contribution in [1.82, 2.24) is 5.43 Å². The molecule has 3 N–H and O–H groups in total. The van der Waals surface area contributed by atoms with E-state index in [-0.39, 0.29) is 11.5 Å². The second-order valence-electron chi connectivity index (χ2n) is 4.86. The van der Waals surface area contributed by atoms with E-state index in [0.717, 1.165) is 31.0 Å². The lowest BCUT2D eigenvalue weighted by Gasteiger charge is -2.30. The number of rotatable bonds is 3. The average molecular weight is 292 g/mol. The summed E-state index contributed by atoms with van der Waals surface area (Å²) in [6.07, 6.45) is -3.00. The zero-order valence-electron chi connectivity index (χ0n) is 10.7. The highest BCUT2D eigenvalue weighted by Gasteiger charge is 2.33. The Morgan fingerprint density at radius 3 is 2.65 bits per heavy atom. The maximum absolute atomic E-state index is 13.8. The number of hydrogen-bond acceptors (Lipinski definition) is 3. The van der Waals surface area contributed by atoms with Crippen LogP contribution in [0.15, 0.2) is 18.2 Å². The van der Waals surface area contributed by atoms with Crippen molar-refractivity contribution in [3.63, 3.8) is 0 Å². The van der Waals surface area contributed by atoms with Crippen LogP contribution in [0.1, 0.15) is 30.0 Å². The first kappa shape index (κ1) is 15.2. The second kappa shape index (κ2) is 6.07. The van der Waals surface area contributed by atoms with Crippen molar-refractivity contribution in [2.24, 2.45) is 11.8 Å². The van der Waals surface area contributed by atoms with Gasteiger partial charge in [0.2, 0.25) is 0 Å². The van der Waals surface area contributed by atoms with Crippen LogP contribution in [0, 0.1) is 11.7 Å². The maximum atomic E-state index is 13.8. The molecule has 20 heavy (non-hydrogen) atoms. The van der Waals surface area contributed by atoms with Gasteiger partial charge in [0.05, 0.1) is 18.2 Å². The zero-order chi connectivity index (χ0) is 14.8. The van der Waals surface area contributed by atoms with E-state index in [1.54, 1.807) is 0 Å². The lowest BCUT2D eigenvalue weighted by atomic mass is 9.88. The SMILES string of the molecule is NNC(c1cc(C(F)(F)F)ccc1F)C1CCCOC1. The number of alkyl halides is 3. The topological polar surface area (TPSA) is 47.3 Å². The van der Waals surface area contributed by atoms with E-state index in [0.29, 0.717) is 13.2 Å². The van der Waals surface area contributed by atoms with Crippen LogP contribution in [-0.4, -0.2) is 13.2 Å². The van der Waals surface area contributed by atoms with Crippen molar-refractivity contribution >= 4 is 0 Å². The van der Waals surface area contributed by atoms with Gasteiger partial charge in [0.1, 0.15) is 5.82 Å². The third-order valence-electron chi connectivity index (χ3n) is 3.50. The van der Waals surface area contributed by atoms with Crippen molar-refractivity contribution in [2.45, 2.75) is 25.1 Å². The third-order valence-corrected chi connectivity index (χ3v) is 3.50. The van der Waals surface area contributed by atoms with Gasteiger partial charge in [0.15, 0.2) is 0 Å². The van der Waals surface area contributed by atoms with Crippen LogP contribution in [0.3, 0.4) is 0 Å². The first-order valence-corrected chi connectivity index (χ1v) is 6.34. The van der Waals surface area contributed by atoms with Gasteiger partial charge in [-0.05, 0) is 31.0 Å². The zero-order valence-corrected chi connectivity index (χ0v) is 10.7. The fraction of sp³-hybridized carbons (Fsp3) is 0.538. The quantitative estimate of drug-likeness (QED) is 0.511. The number of halogens is 4. The smallest absolute Gasteiger partial charge is 0.381 e. The molecule has 1 saturated heterocycles. The van der Waals surface area contributed by atoms with Crippen molar-refractivity contribution in [1.29, 1.82) is 0 Å². The van der Waals surface area contributed by atoms with Gasteiger partial charge in [-0.2, -0.15) is 13.2 Å². The number of nitrogens with two attached hydrogens (primary N) is 1. The molecule has 2 rings (SSSR count). The van der Waals surface area contributed by atoms with Gasteiger partial charge in [0.25, 0.3) is 0 Å². The van der Waals surface area contributed by atoms with E-state index in [4.69, 9.17) is 10.6 Å². The number of hydrazine groups is 1. The maximum Gasteiger partial charge on any atom is 0.416 e.